The topological polar surface area (TPSA) is 20.2 Å². The fraction of sp³-hybridized carbons (Fsp3) is 0.565. The summed E-state index contributed by atoms with van der Waals surface area (Å²) < 4.78 is 0. The Hall–Kier alpha value is -0.990. The van der Waals surface area contributed by atoms with Gasteiger partial charge in [-0.05, 0) is 57.1 Å². The van der Waals surface area contributed by atoms with E-state index in [1.54, 1.807) is 0 Å². The second-order valence-corrected chi connectivity index (χ2v) is 7.37. The van der Waals surface area contributed by atoms with Gasteiger partial charge in [-0.25, -0.2) is 0 Å². The molecule has 0 aliphatic heterocycles. The predicted molar refractivity (Wildman–Crippen MR) is 117 cm³/mol. The zero-order valence-electron chi connectivity index (χ0n) is 16.3. The first-order valence-corrected chi connectivity index (χ1v) is 10.9. The molecule has 0 aromatic heterocycles. The van der Waals surface area contributed by atoms with Crippen LogP contribution in [0.15, 0.2) is 60.8 Å². The third-order valence-electron chi connectivity index (χ3n) is 3.57. The molecule has 0 aromatic rings. The molecular formula is C23H38OS. The molecule has 0 radical (unpaired) electrons. The van der Waals surface area contributed by atoms with Crippen molar-refractivity contribution >= 4 is 11.8 Å². The predicted octanol–water partition coefficient (Wildman–Crippen LogP) is 7.02. The molecule has 0 aromatic carbocycles. The Morgan fingerprint density at radius 1 is 0.720 bits per heavy atom. The molecule has 0 aliphatic carbocycles. The van der Waals surface area contributed by atoms with Crippen molar-refractivity contribution in [3.05, 3.63) is 60.8 Å². The van der Waals surface area contributed by atoms with E-state index in [4.69, 9.17) is 0 Å². The first kappa shape index (κ1) is 24.0. The molecule has 142 valence electrons. The lowest BCUT2D eigenvalue weighted by Crippen LogP contribution is -2.08. The van der Waals surface area contributed by atoms with Gasteiger partial charge in [-0.2, -0.15) is 11.8 Å². The molecule has 0 amide bonds. The summed E-state index contributed by atoms with van der Waals surface area (Å²) in [6.07, 6.45) is 30.8. The van der Waals surface area contributed by atoms with Gasteiger partial charge in [0.25, 0.3) is 0 Å². The Morgan fingerprint density at radius 3 is 1.64 bits per heavy atom. The van der Waals surface area contributed by atoms with Gasteiger partial charge >= 0.3 is 0 Å². The molecule has 0 saturated heterocycles. The molecule has 0 spiro atoms. The maximum absolute atomic E-state index is 9.31. The molecule has 2 heteroatoms. The zero-order chi connectivity index (χ0) is 18.4. The van der Waals surface area contributed by atoms with Crippen molar-refractivity contribution in [1.82, 2.24) is 0 Å². The monoisotopic (exact) mass is 362 g/mol. The molecule has 1 atom stereocenters. The minimum Gasteiger partial charge on any atom is -0.395 e. The standard InChI is InChI=1S/C23H38OS/c1-3-5-6-7-8-9-10-11-12-13-14-15-16-17-18-19-20-23(22-24)25-21-4-2/h5-6,8-9,11-12,14-15,17-18,23-24H,3-4,7,10,13,16,19-22H2,1-2H3/b6-5-,9-8-,12-11-,15-14-,18-17-. The van der Waals surface area contributed by atoms with E-state index in [0.29, 0.717) is 11.9 Å². The van der Waals surface area contributed by atoms with Crippen molar-refractivity contribution in [3.63, 3.8) is 0 Å². The van der Waals surface area contributed by atoms with Crippen molar-refractivity contribution in [2.75, 3.05) is 12.4 Å². The first-order valence-electron chi connectivity index (χ1n) is 9.82. The number of thioether (sulfide) groups is 1. The van der Waals surface area contributed by atoms with Gasteiger partial charge in [0.05, 0.1) is 6.61 Å². The summed E-state index contributed by atoms with van der Waals surface area (Å²) in [5.41, 5.74) is 0. The minimum absolute atomic E-state index is 0.301. The Balaban J connectivity index is 3.58. The number of aliphatic hydroxyl groups is 1. The Bertz CT molecular complexity index is 404. The fourth-order valence-corrected chi connectivity index (χ4v) is 3.14. The van der Waals surface area contributed by atoms with Crippen LogP contribution in [0.3, 0.4) is 0 Å². The van der Waals surface area contributed by atoms with Crippen LogP contribution in [0.5, 0.6) is 0 Å². The molecule has 0 aliphatic rings. The molecule has 25 heavy (non-hydrogen) atoms. The molecular weight excluding hydrogens is 324 g/mol. The van der Waals surface area contributed by atoms with Crippen LogP contribution in [-0.4, -0.2) is 22.7 Å². The summed E-state index contributed by atoms with van der Waals surface area (Å²) in [7, 11) is 0. The summed E-state index contributed by atoms with van der Waals surface area (Å²) >= 11 is 1.90. The average molecular weight is 363 g/mol. The van der Waals surface area contributed by atoms with Crippen molar-refractivity contribution < 1.29 is 5.11 Å². The van der Waals surface area contributed by atoms with E-state index >= 15 is 0 Å². The third kappa shape index (κ3) is 19.2. The number of aliphatic hydroxyl groups excluding tert-OH is 1. The molecule has 0 fully saturated rings. The molecule has 0 saturated carbocycles. The van der Waals surface area contributed by atoms with Crippen LogP contribution in [0, 0.1) is 0 Å². The van der Waals surface area contributed by atoms with E-state index in [9.17, 15) is 5.11 Å². The highest BCUT2D eigenvalue weighted by molar-refractivity contribution is 7.99. The highest BCUT2D eigenvalue weighted by atomic mass is 32.2. The second-order valence-electron chi connectivity index (χ2n) is 5.96. The van der Waals surface area contributed by atoms with Crippen molar-refractivity contribution in [2.45, 2.75) is 70.5 Å². The highest BCUT2D eigenvalue weighted by Gasteiger charge is 2.05. The van der Waals surface area contributed by atoms with E-state index < -0.39 is 0 Å². The number of hydrogen-bond donors (Lipinski definition) is 1. The third-order valence-corrected chi connectivity index (χ3v) is 5.07. The normalized spacial score (nSPS) is 14.2. The lowest BCUT2D eigenvalue weighted by atomic mass is 10.2. The first-order chi connectivity index (χ1) is 12.3. The van der Waals surface area contributed by atoms with E-state index in [2.05, 4.69) is 74.6 Å². The molecule has 0 rings (SSSR count). The summed E-state index contributed by atoms with van der Waals surface area (Å²) in [5.74, 6) is 1.15. The summed E-state index contributed by atoms with van der Waals surface area (Å²) in [5, 5.41) is 9.71. The quantitative estimate of drug-likeness (QED) is 0.298. The van der Waals surface area contributed by atoms with Gasteiger partial charge in [0.15, 0.2) is 0 Å². The van der Waals surface area contributed by atoms with Gasteiger partial charge in [0, 0.05) is 5.25 Å². The highest BCUT2D eigenvalue weighted by Crippen LogP contribution is 2.17. The van der Waals surface area contributed by atoms with Crippen LogP contribution in [0.25, 0.3) is 0 Å². The van der Waals surface area contributed by atoms with E-state index in [1.165, 1.54) is 6.42 Å². The Morgan fingerprint density at radius 2 is 1.20 bits per heavy atom. The SMILES string of the molecule is CC/C=C\C/C=C\C/C=C\C/C=C\C/C=C\CCC(CO)SCCC. The van der Waals surface area contributed by atoms with Crippen molar-refractivity contribution in [3.8, 4) is 0 Å². The van der Waals surface area contributed by atoms with Crippen LogP contribution in [-0.2, 0) is 0 Å². The average Bonchev–Trinajstić information content (AvgIpc) is 2.63. The van der Waals surface area contributed by atoms with Gasteiger partial charge in [-0.3, -0.25) is 0 Å². The number of rotatable bonds is 16. The molecule has 0 heterocycles. The van der Waals surface area contributed by atoms with Gasteiger partial charge in [-0.1, -0.05) is 74.6 Å². The van der Waals surface area contributed by atoms with Crippen LogP contribution in [0.4, 0.5) is 0 Å². The summed E-state index contributed by atoms with van der Waals surface area (Å²) in [6, 6.07) is 0. The summed E-state index contributed by atoms with van der Waals surface area (Å²) in [4.78, 5) is 0. The maximum Gasteiger partial charge on any atom is 0.0550 e. The van der Waals surface area contributed by atoms with Crippen LogP contribution >= 0.6 is 11.8 Å². The minimum atomic E-state index is 0.301. The second kappa shape index (κ2) is 21.1. The van der Waals surface area contributed by atoms with E-state index in [1.807, 2.05) is 11.8 Å². The molecule has 0 bridgehead atoms. The van der Waals surface area contributed by atoms with Crippen molar-refractivity contribution in [2.24, 2.45) is 0 Å². The van der Waals surface area contributed by atoms with Gasteiger partial charge < -0.3 is 5.11 Å². The lowest BCUT2D eigenvalue weighted by Gasteiger charge is -2.11. The lowest BCUT2D eigenvalue weighted by molar-refractivity contribution is 0.291. The van der Waals surface area contributed by atoms with E-state index in [-0.39, 0.29) is 0 Å². The largest absolute Gasteiger partial charge is 0.395 e. The summed E-state index contributed by atoms with van der Waals surface area (Å²) in [6.45, 7) is 4.65. The smallest absolute Gasteiger partial charge is 0.0550 e. The Labute approximate surface area is 160 Å². The number of allylic oxidation sites excluding steroid dienone is 10. The van der Waals surface area contributed by atoms with Crippen LogP contribution in [0.1, 0.15) is 65.2 Å². The van der Waals surface area contributed by atoms with E-state index in [0.717, 1.165) is 50.7 Å². The molecule has 1 nitrogen and oxygen atoms in total. The van der Waals surface area contributed by atoms with Gasteiger partial charge in [-0.15, -0.1) is 0 Å². The zero-order valence-corrected chi connectivity index (χ0v) is 17.1. The van der Waals surface area contributed by atoms with Crippen molar-refractivity contribution in [1.29, 1.82) is 0 Å². The van der Waals surface area contributed by atoms with Gasteiger partial charge in [0.1, 0.15) is 0 Å². The number of hydrogen-bond acceptors (Lipinski definition) is 2. The molecule has 1 N–H and O–H groups in total. The van der Waals surface area contributed by atoms with Crippen LogP contribution in [0.2, 0.25) is 0 Å². The molecule has 1 unspecified atom stereocenters. The van der Waals surface area contributed by atoms with Gasteiger partial charge in [0.2, 0.25) is 0 Å². The Kier molecular flexibility index (Phi) is 20.2. The fourth-order valence-electron chi connectivity index (χ4n) is 2.16. The maximum atomic E-state index is 9.31. The van der Waals surface area contributed by atoms with Crippen LogP contribution < -0.4 is 0 Å².